The van der Waals surface area contributed by atoms with E-state index in [1.165, 1.54) is 9.80 Å². The maximum Gasteiger partial charge on any atom is 0.326 e. The van der Waals surface area contributed by atoms with Crippen LogP contribution in [0.2, 0.25) is 0 Å². The van der Waals surface area contributed by atoms with Crippen molar-refractivity contribution in [1.82, 2.24) is 46.6 Å². The van der Waals surface area contributed by atoms with Crippen molar-refractivity contribution in [3.63, 3.8) is 0 Å². The van der Waals surface area contributed by atoms with E-state index in [1.54, 1.807) is 25.1 Å². The number of hydrogen-bond donors (Lipinski definition) is 14. The molecule has 6 rings (SSSR count). The Morgan fingerprint density at radius 3 is 1.92 bits per heavy atom. The molecule has 28 heteroatoms. The van der Waals surface area contributed by atoms with Crippen molar-refractivity contribution >= 4 is 65.1 Å². The van der Waals surface area contributed by atoms with Crippen molar-refractivity contribution in [3.05, 3.63) is 35.4 Å². The van der Waals surface area contributed by atoms with Crippen molar-refractivity contribution in [2.45, 2.75) is 189 Å². The van der Waals surface area contributed by atoms with E-state index in [0.717, 1.165) is 41.7 Å². The summed E-state index contributed by atoms with van der Waals surface area (Å²) in [4.78, 5) is 146. The number of nitrogens with one attached hydrogen (secondary N) is 6. The minimum Gasteiger partial charge on any atom is -0.480 e. The van der Waals surface area contributed by atoms with Crippen LogP contribution < -0.4 is 60.6 Å². The number of aliphatic hydroxyl groups is 2. The normalized spacial score (nSPS) is 22.4. The van der Waals surface area contributed by atoms with Crippen LogP contribution >= 0.6 is 0 Å². The molecule has 1 aromatic carbocycles. The molecule has 3 heterocycles. The van der Waals surface area contributed by atoms with Gasteiger partial charge in [-0.3, -0.25) is 48.1 Å². The number of nitrogens with zero attached hydrogens (tertiary/aromatic N) is 4. The maximum atomic E-state index is 14.5. The highest BCUT2D eigenvalue weighted by molar-refractivity contribution is 5.99. The molecule has 11 atom stereocenters. The van der Waals surface area contributed by atoms with Crippen LogP contribution in [0.3, 0.4) is 0 Å². The fourth-order valence-corrected chi connectivity index (χ4v) is 12.0. The standard InChI is InChI=1S/C55H87N15O13/c1-30(57)43(58)49(77)63-36(18-8-9-21-56)46(74)64-37(19-10-22-61-55(59)60)51(79)68-23-11-20-39(68)53(81)70-28-35(72)25-41(70)47(75)62-26-42(73)66-44(31-12-2-3-13-31)50(78)65-38(29-71)52(80)69-27-34-17-7-6-16-33(34)24-40(69)48(76)67-45(54(82)83)32-14-4-5-15-32/h6-7,16-17,30-32,35-41,43-45,71-72H,2-5,8-15,18-29,56-58H2,1H3,(H,62,75)(H,63,77)(H,64,74)(H,65,78)(H,66,73)(H,67,76)(H,82,83)(H4,59,60,61)/t30?,35-,36+,37+,38+,39+,40-,41+,43-,44?,45?/m1/s1. The molecule has 28 nitrogen and oxygen atoms in total. The molecule has 3 unspecified atom stereocenters. The van der Waals surface area contributed by atoms with E-state index in [0.29, 0.717) is 51.5 Å². The second-order valence-corrected chi connectivity index (χ2v) is 22.7. The van der Waals surface area contributed by atoms with Gasteiger partial charge in [-0.15, -0.1) is 0 Å². The van der Waals surface area contributed by atoms with E-state index in [4.69, 9.17) is 28.7 Å². The van der Waals surface area contributed by atoms with Crippen LogP contribution in [0.4, 0.5) is 0 Å². The van der Waals surface area contributed by atoms with Crippen molar-refractivity contribution in [3.8, 4) is 0 Å². The minimum absolute atomic E-state index is 0.0211. The average molecular weight is 1170 g/mol. The number of carbonyl (C=O) groups is 10. The van der Waals surface area contributed by atoms with Gasteiger partial charge in [-0.25, -0.2) is 4.79 Å². The summed E-state index contributed by atoms with van der Waals surface area (Å²) < 4.78 is 0. The Morgan fingerprint density at radius 1 is 0.675 bits per heavy atom. The quantitative estimate of drug-likeness (QED) is 0.0215. The van der Waals surface area contributed by atoms with E-state index in [-0.39, 0.29) is 76.6 Å². The Hall–Kier alpha value is -7.01. The van der Waals surface area contributed by atoms with Gasteiger partial charge in [0.05, 0.1) is 25.3 Å². The summed E-state index contributed by atoms with van der Waals surface area (Å²) in [7, 11) is 0. The number of aliphatic hydroxyl groups excluding tert-OH is 2. The van der Waals surface area contributed by atoms with E-state index in [9.17, 15) is 63.3 Å². The SMILES string of the molecule is CC(N)[C@@H](N)C(=O)N[C@@H](CCCCN)C(=O)N[C@@H](CCCN=C(N)N)C(=O)N1CCC[C@H]1C(=O)N1C[C@H](O)C[C@H]1C(=O)NCC(=O)NC(C(=O)N[C@@H](CO)C(=O)N1Cc2ccccc2C[C@@H]1C(=O)NC(C(=O)O)C1CCCC1)C1CCCC1. The van der Waals surface area contributed by atoms with Crippen molar-refractivity contribution < 1.29 is 63.3 Å². The summed E-state index contributed by atoms with van der Waals surface area (Å²) in [5, 5.41) is 47.5. The molecule has 0 spiro atoms. The molecule has 0 bridgehead atoms. The first kappa shape index (κ1) is 65.1. The monoisotopic (exact) mass is 1170 g/mol. The lowest BCUT2D eigenvalue weighted by Crippen LogP contribution is -2.62. The summed E-state index contributed by atoms with van der Waals surface area (Å²) in [6.07, 6.45) is 6.06. The molecule has 0 radical (unpaired) electrons. The van der Waals surface area contributed by atoms with Crippen LogP contribution in [-0.4, -0.2) is 201 Å². The van der Waals surface area contributed by atoms with Gasteiger partial charge in [0.1, 0.15) is 48.3 Å². The van der Waals surface area contributed by atoms with Crippen LogP contribution in [0, 0.1) is 11.8 Å². The minimum atomic E-state index is -1.58. The van der Waals surface area contributed by atoms with Gasteiger partial charge in [-0.2, -0.15) is 0 Å². The van der Waals surface area contributed by atoms with E-state index in [2.05, 4.69) is 36.9 Å². The van der Waals surface area contributed by atoms with Crippen LogP contribution in [-0.2, 0) is 60.9 Å². The highest BCUT2D eigenvalue weighted by Gasteiger charge is 2.47. The molecule has 2 aliphatic carbocycles. The lowest BCUT2D eigenvalue weighted by atomic mass is 9.91. The van der Waals surface area contributed by atoms with Crippen LogP contribution in [0.15, 0.2) is 29.3 Å². The summed E-state index contributed by atoms with van der Waals surface area (Å²) in [5.74, 6) is -8.58. The summed E-state index contributed by atoms with van der Waals surface area (Å²) in [6.45, 7) is 0.170. The second kappa shape index (κ2) is 31.0. The van der Waals surface area contributed by atoms with Crippen LogP contribution in [0.25, 0.3) is 0 Å². The number of aliphatic imine (C=N–C) groups is 1. The van der Waals surface area contributed by atoms with Gasteiger partial charge in [0, 0.05) is 45.1 Å². The molecular formula is C55H87N15O13. The molecule has 460 valence electrons. The lowest BCUT2D eigenvalue weighted by Gasteiger charge is -2.38. The third-order valence-corrected chi connectivity index (χ3v) is 16.7. The highest BCUT2D eigenvalue weighted by Crippen LogP contribution is 2.31. The molecule has 19 N–H and O–H groups in total. The molecule has 4 fully saturated rings. The number of hydrogen-bond acceptors (Lipinski definition) is 16. The number of β-amino-alcohol motifs (C(OH)–C–C–N with tert-alkyl or cyclic N) is 1. The van der Waals surface area contributed by atoms with Gasteiger partial charge in [-0.05, 0) is 107 Å². The molecule has 5 aliphatic rings. The molecule has 3 aliphatic heterocycles. The first-order chi connectivity index (χ1) is 39.6. The predicted octanol–water partition coefficient (Wildman–Crippen LogP) is -4.25. The van der Waals surface area contributed by atoms with E-state index >= 15 is 0 Å². The first-order valence-corrected chi connectivity index (χ1v) is 29.2. The highest BCUT2D eigenvalue weighted by atomic mass is 16.4. The molecule has 0 aromatic heterocycles. The lowest BCUT2D eigenvalue weighted by molar-refractivity contribution is -0.148. The zero-order valence-electron chi connectivity index (χ0n) is 47.4. The Balaban J connectivity index is 1.11. The summed E-state index contributed by atoms with van der Waals surface area (Å²) in [6, 6.07) is -4.62. The topological polar surface area (TPSA) is 456 Å². The second-order valence-electron chi connectivity index (χ2n) is 22.7. The number of benzene rings is 1. The van der Waals surface area contributed by atoms with Crippen molar-refractivity contribution in [2.24, 2.45) is 45.5 Å². The summed E-state index contributed by atoms with van der Waals surface area (Å²) in [5.41, 5.74) is 30.1. The number of unbranched alkanes of at least 4 members (excludes halogenated alkanes) is 1. The first-order valence-electron chi connectivity index (χ1n) is 29.2. The Morgan fingerprint density at radius 2 is 1.29 bits per heavy atom. The van der Waals surface area contributed by atoms with E-state index in [1.807, 2.05) is 6.07 Å². The number of guanidine groups is 1. The fraction of sp³-hybridized carbons (Fsp3) is 0.691. The zero-order chi connectivity index (χ0) is 60.5. The number of rotatable bonds is 28. The number of carboxylic acids is 1. The van der Waals surface area contributed by atoms with Crippen LogP contribution in [0.1, 0.15) is 121 Å². The molecule has 1 aromatic rings. The van der Waals surface area contributed by atoms with Crippen LogP contribution in [0.5, 0.6) is 0 Å². The fourth-order valence-electron chi connectivity index (χ4n) is 12.0. The van der Waals surface area contributed by atoms with Crippen molar-refractivity contribution in [1.29, 1.82) is 0 Å². The number of amides is 9. The third-order valence-electron chi connectivity index (χ3n) is 16.7. The number of nitrogens with two attached hydrogens (primary N) is 5. The van der Waals surface area contributed by atoms with Gasteiger partial charge < -0.3 is 90.6 Å². The largest absolute Gasteiger partial charge is 0.480 e. The number of aliphatic carboxylic acids is 1. The Labute approximate surface area is 482 Å². The van der Waals surface area contributed by atoms with Gasteiger partial charge >= 0.3 is 5.97 Å². The predicted molar refractivity (Wildman–Crippen MR) is 301 cm³/mol. The molecule has 83 heavy (non-hydrogen) atoms. The van der Waals surface area contributed by atoms with Gasteiger partial charge in [0.15, 0.2) is 5.96 Å². The number of fused-ring (bicyclic) bond motifs is 1. The third kappa shape index (κ3) is 17.5. The Kier molecular flexibility index (Phi) is 24.4. The molecular weight excluding hydrogens is 1080 g/mol. The number of carbonyl (C=O) groups excluding carboxylic acids is 9. The van der Waals surface area contributed by atoms with Gasteiger partial charge in [-0.1, -0.05) is 49.9 Å². The Bertz CT molecular complexity index is 2500. The molecule has 2 saturated heterocycles. The maximum absolute atomic E-state index is 14.5. The summed E-state index contributed by atoms with van der Waals surface area (Å²) >= 11 is 0. The van der Waals surface area contributed by atoms with Crippen molar-refractivity contribution in [2.75, 3.05) is 39.3 Å². The number of likely N-dealkylation sites (tertiary alicyclic amines) is 2. The molecule has 9 amide bonds. The number of carboxylic acid groups (broad SMARTS) is 1. The average Bonchev–Trinajstić information content (AvgIpc) is 4.55. The smallest absolute Gasteiger partial charge is 0.326 e. The van der Waals surface area contributed by atoms with Gasteiger partial charge in [0.25, 0.3) is 0 Å². The zero-order valence-corrected chi connectivity index (χ0v) is 47.4. The van der Waals surface area contributed by atoms with Gasteiger partial charge in [0.2, 0.25) is 53.2 Å². The molecule has 2 saturated carbocycles. The van der Waals surface area contributed by atoms with E-state index < -0.39 is 145 Å².